The van der Waals surface area contributed by atoms with Gasteiger partial charge in [-0.25, -0.2) is 0 Å². The van der Waals surface area contributed by atoms with Gasteiger partial charge in [-0.3, -0.25) is 4.79 Å². The van der Waals surface area contributed by atoms with E-state index in [4.69, 9.17) is 0 Å². The summed E-state index contributed by atoms with van der Waals surface area (Å²) in [4.78, 5) is 18.1. The number of carbonyl (C=O) groups is 1. The van der Waals surface area contributed by atoms with Gasteiger partial charge in [-0.05, 0) is 84.3 Å². The molecule has 0 saturated heterocycles. The van der Waals surface area contributed by atoms with Gasteiger partial charge in [0.25, 0.3) is 0 Å². The number of hydrogen-bond donors (Lipinski definition) is 0. The zero-order chi connectivity index (χ0) is 43.2. The van der Waals surface area contributed by atoms with Crippen LogP contribution < -0.4 is 18.9 Å². The molecular formula is C56H50LiO2S6-. The third kappa shape index (κ3) is 8.65. The molecule has 65 heavy (non-hydrogen) atoms. The van der Waals surface area contributed by atoms with Gasteiger partial charge in [0, 0.05) is 105 Å². The van der Waals surface area contributed by atoms with Gasteiger partial charge in [0.15, 0.2) is 5.78 Å². The average molecular weight is 954 g/mol. The van der Waals surface area contributed by atoms with E-state index in [0.29, 0.717) is 5.78 Å². The Morgan fingerprint density at radius 2 is 0.969 bits per heavy atom. The van der Waals surface area contributed by atoms with Crippen LogP contribution in [0.2, 0.25) is 0 Å². The summed E-state index contributed by atoms with van der Waals surface area (Å²) in [5.74, 6) is 0.407. The molecule has 2 aliphatic carbocycles. The van der Waals surface area contributed by atoms with Gasteiger partial charge in [0.2, 0.25) is 0 Å². The van der Waals surface area contributed by atoms with Crippen molar-refractivity contribution < 1.29 is 29.1 Å². The third-order valence-corrected chi connectivity index (χ3v) is 19.0. The minimum absolute atomic E-state index is 0. The number of rotatable bonds is 8. The summed E-state index contributed by atoms with van der Waals surface area (Å²) in [6.45, 7) is 12.4. The number of Topliss-reactive ketones (excluding diaryl/α,β-unsaturated/α-hetero) is 1. The van der Waals surface area contributed by atoms with Crippen molar-refractivity contribution in [2.75, 3.05) is 0 Å². The minimum Gasteiger partial charge on any atom is -0.870 e. The number of thiophene rings is 6. The first-order valence-corrected chi connectivity index (χ1v) is 27.2. The molecule has 0 bridgehead atoms. The van der Waals surface area contributed by atoms with Gasteiger partial charge in [-0.15, -0.1) is 68.0 Å². The van der Waals surface area contributed by atoms with Crippen molar-refractivity contribution in [2.45, 2.75) is 72.6 Å². The second-order valence-corrected chi connectivity index (χ2v) is 22.4. The molecular weight excluding hydrogens is 904 g/mol. The Kier molecular flexibility index (Phi) is 15.0. The second-order valence-electron chi connectivity index (χ2n) is 16.7. The molecule has 9 heteroatoms. The summed E-state index contributed by atoms with van der Waals surface area (Å²) >= 11 is 11.1. The molecule has 6 heterocycles. The molecule has 0 spiro atoms. The SMILES string of the molecule is CC1Cc2c(sc(-c3csc4ccccc34)c2-c2csc3ccccc23)C1=O.CCCCC1=C(C)Cc2c1sc(-c1csc3ccccc13)c2-c1csc2ccccc12.[CH2-]CCC.[Li+].[OH-]. The molecule has 1 N–H and O–H groups in total. The first-order chi connectivity index (χ1) is 30.9. The maximum atomic E-state index is 12.8. The monoisotopic (exact) mass is 953 g/mol. The normalized spacial score (nSPS) is 14.0. The van der Waals surface area contributed by atoms with Crippen molar-refractivity contribution in [3.05, 3.63) is 152 Å². The summed E-state index contributed by atoms with van der Waals surface area (Å²) < 4.78 is 5.36. The maximum Gasteiger partial charge on any atom is 1.00 e. The number of unbranched alkanes of at least 4 members (excludes halogenated alkanes) is 2. The van der Waals surface area contributed by atoms with Crippen LogP contribution in [-0.4, -0.2) is 11.3 Å². The molecule has 0 fully saturated rings. The smallest absolute Gasteiger partial charge is 0.870 e. The van der Waals surface area contributed by atoms with Gasteiger partial charge < -0.3 is 12.4 Å². The van der Waals surface area contributed by atoms with Crippen LogP contribution in [0, 0.1) is 12.8 Å². The van der Waals surface area contributed by atoms with E-state index in [1.54, 1.807) is 55.6 Å². The number of benzene rings is 4. The average Bonchev–Trinajstić information content (AvgIpc) is 4.20. The second kappa shape index (κ2) is 20.5. The minimum atomic E-state index is 0. The number of fused-ring (bicyclic) bond motifs is 6. The van der Waals surface area contributed by atoms with Crippen LogP contribution in [0.4, 0.5) is 0 Å². The van der Waals surface area contributed by atoms with E-state index in [-0.39, 0.29) is 30.3 Å². The molecule has 2 aliphatic rings. The topological polar surface area (TPSA) is 47.1 Å². The summed E-state index contributed by atoms with van der Waals surface area (Å²) in [7, 11) is 0. The molecule has 0 saturated carbocycles. The van der Waals surface area contributed by atoms with Crippen molar-refractivity contribution in [2.24, 2.45) is 5.92 Å². The van der Waals surface area contributed by atoms with Crippen LogP contribution >= 0.6 is 68.0 Å². The summed E-state index contributed by atoms with van der Waals surface area (Å²) in [6.07, 6.45) is 7.97. The molecule has 6 aromatic heterocycles. The molecule has 10 aromatic rings. The zero-order valence-corrected chi connectivity index (χ0v) is 42.5. The summed E-state index contributed by atoms with van der Waals surface area (Å²) in [6, 6.07) is 34.9. The number of carbonyl (C=O) groups excluding carboxylic acids is 1. The summed E-state index contributed by atoms with van der Waals surface area (Å²) in [5.41, 5.74) is 14.2. The van der Waals surface area contributed by atoms with Gasteiger partial charge in [0.1, 0.15) is 0 Å². The zero-order valence-electron chi connectivity index (χ0n) is 37.6. The van der Waals surface area contributed by atoms with Gasteiger partial charge in [-0.2, -0.15) is 6.42 Å². The first-order valence-electron chi connectivity index (χ1n) is 22.1. The largest absolute Gasteiger partial charge is 1.00 e. The quantitative estimate of drug-likeness (QED) is 0.113. The van der Waals surface area contributed by atoms with Gasteiger partial charge in [0.05, 0.1) is 4.88 Å². The third-order valence-electron chi connectivity index (χ3n) is 12.5. The van der Waals surface area contributed by atoms with Crippen LogP contribution in [-0.2, 0) is 12.8 Å². The molecule has 12 rings (SSSR count). The Morgan fingerprint density at radius 1 is 0.569 bits per heavy atom. The fourth-order valence-corrected chi connectivity index (χ4v) is 16.1. The van der Waals surface area contributed by atoms with Crippen LogP contribution in [0.15, 0.2) is 124 Å². The van der Waals surface area contributed by atoms with Crippen LogP contribution in [0.5, 0.6) is 0 Å². The van der Waals surface area contributed by atoms with Crippen molar-refractivity contribution in [3.8, 4) is 43.1 Å². The van der Waals surface area contributed by atoms with Crippen LogP contribution in [0.3, 0.4) is 0 Å². The Hall–Kier alpha value is -3.91. The van der Waals surface area contributed by atoms with Crippen molar-refractivity contribution in [3.63, 3.8) is 0 Å². The predicted molar refractivity (Wildman–Crippen MR) is 287 cm³/mol. The molecule has 0 amide bonds. The Balaban J connectivity index is 0.000000160. The first kappa shape index (κ1) is 47.6. The molecule has 0 aliphatic heterocycles. The summed E-state index contributed by atoms with van der Waals surface area (Å²) in [5, 5.41) is 14.7. The molecule has 4 aromatic carbocycles. The predicted octanol–water partition coefficient (Wildman–Crippen LogP) is 16.4. The van der Waals surface area contributed by atoms with E-state index in [9.17, 15) is 4.79 Å². The molecule has 1 unspecified atom stereocenters. The van der Waals surface area contributed by atoms with Crippen molar-refractivity contribution >= 4 is 120 Å². The van der Waals surface area contributed by atoms with Crippen LogP contribution in [0.1, 0.15) is 85.5 Å². The molecule has 2 nitrogen and oxygen atoms in total. The van der Waals surface area contributed by atoms with E-state index in [1.165, 1.54) is 115 Å². The maximum absolute atomic E-state index is 12.8. The molecule has 0 radical (unpaired) electrons. The van der Waals surface area contributed by atoms with E-state index >= 15 is 0 Å². The van der Waals surface area contributed by atoms with Crippen molar-refractivity contribution in [1.82, 2.24) is 0 Å². The van der Waals surface area contributed by atoms with E-state index in [1.807, 2.05) is 34.0 Å². The van der Waals surface area contributed by atoms with Gasteiger partial charge in [-0.1, -0.05) is 112 Å². The van der Waals surface area contributed by atoms with Crippen molar-refractivity contribution in [1.29, 1.82) is 0 Å². The van der Waals surface area contributed by atoms with E-state index < -0.39 is 0 Å². The fourth-order valence-electron chi connectivity index (χ4n) is 9.20. The van der Waals surface area contributed by atoms with E-state index in [2.05, 4.69) is 153 Å². The number of hydrogen-bond acceptors (Lipinski definition) is 8. The van der Waals surface area contributed by atoms with Crippen LogP contribution in [0.25, 0.3) is 89.1 Å². The molecule has 1 atom stereocenters. The molecule has 324 valence electrons. The van der Waals surface area contributed by atoms with Gasteiger partial charge >= 0.3 is 18.9 Å². The Morgan fingerprint density at radius 3 is 1.42 bits per heavy atom. The number of allylic oxidation sites excluding steroid dienone is 2. The Labute approximate surface area is 418 Å². The van der Waals surface area contributed by atoms with E-state index in [0.717, 1.165) is 24.1 Å². The number of ketones is 1. The Bertz CT molecular complexity index is 3320. The standard InChI is InChI=1S/C28H24S3.C24H16OS3.C4H9.Li.H2O/c1-3-4-9-18-17(2)14-21-26(22-15-29-24-12-7-5-10-19(22)24)28(31-27(18)21)23-16-30-25-13-8-6-11-20(23)25;1-13-10-16-21(17-11-26-19-8-4-2-6-14(17)19)23(28-24(16)22(13)25)18-12-27-20-9-5-3-7-15(18)20;1-3-4-2;;/h5-8,10-13,15-16H,3-4,9,14H2,1-2H3;2-9,11-13H,10H2,1H3;1,3-4H2,2H3;;1H2/q;;-1;+1;/p-1. The fraction of sp³-hybridized carbons (Fsp3) is 0.214.